The molecule has 5 nitrogen and oxygen atoms in total. The number of methoxy groups -OCH3 is 2. The first-order valence-corrected chi connectivity index (χ1v) is 6.68. The van der Waals surface area contributed by atoms with Crippen LogP contribution in [0.2, 0.25) is 0 Å². The van der Waals surface area contributed by atoms with E-state index >= 15 is 0 Å². The molecular weight excluding hydrogens is 270 g/mol. The molecule has 0 saturated carbocycles. The highest BCUT2D eigenvalue weighted by Crippen LogP contribution is 2.16. The number of hydrogen-bond donors (Lipinski definition) is 1. The second-order valence-corrected chi connectivity index (χ2v) is 4.50. The zero-order valence-electron chi connectivity index (χ0n) is 12.6. The highest BCUT2D eigenvalue weighted by Gasteiger charge is 2.25. The number of carbonyl (C=O) groups excluding carboxylic acids is 2. The average molecular weight is 291 g/mol. The van der Waals surface area contributed by atoms with Gasteiger partial charge in [0.25, 0.3) is 0 Å². The van der Waals surface area contributed by atoms with Crippen molar-refractivity contribution in [1.82, 2.24) is 5.32 Å². The van der Waals surface area contributed by atoms with Crippen LogP contribution in [0, 0.1) is 5.92 Å². The minimum Gasteiger partial charge on any atom is -0.468 e. The van der Waals surface area contributed by atoms with Crippen LogP contribution in [0.5, 0.6) is 0 Å². The molecule has 21 heavy (non-hydrogen) atoms. The molecule has 0 aromatic heterocycles. The summed E-state index contributed by atoms with van der Waals surface area (Å²) in [5, 5.41) is 2.65. The average Bonchev–Trinajstić information content (AvgIpc) is 2.52. The van der Waals surface area contributed by atoms with Crippen LogP contribution >= 0.6 is 0 Å². The molecule has 0 bridgehead atoms. The predicted octanol–water partition coefficient (Wildman–Crippen LogP) is 1.64. The molecule has 1 N–H and O–H groups in total. The molecule has 0 heterocycles. The van der Waals surface area contributed by atoms with Crippen molar-refractivity contribution in [1.29, 1.82) is 0 Å². The van der Waals surface area contributed by atoms with Crippen molar-refractivity contribution in [3.63, 3.8) is 0 Å². The van der Waals surface area contributed by atoms with Crippen LogP contribution in [0.4, 0.5) is 0 Å². The van der Waals surface area contributed by atoms with Gasteiger partial charge < -0.3 is 14.8 Å². The van der Waals surface area contributed by atoms with Gasteiger partial charge in [0.1, 0.15) is 0 Å². The second kappa shape index (κ2) is 8.92. The Morgan fingerprint density at radius 3 is 2.48 bits per heavy atom. The molecule has 1 aromatic carbocycles. The van der Waals surface area contributed by atoms with Gasteiger partial charge in [-0.2, -0.15) is 0 Å². The van der Waals surface area contributed by atoms with Gasteiger partial charge in [-0.25, -0.2) is 0 Å². The number of nitrogens with one attached hydrogen (secondary N) is 1. The molecule has 1 amide bonds. The standard InChI is InChI=1S/C16H21NO4/c1-12(13-7-5-4-6-8-13)11-14(16(19)21-3)15(18)17-9-10-20-2/h4-8,11,14H,9-10H2,1-3H3,(H,17,18)/b12-11+. The molecule has 0 radical (unpaired) electrons. The summed E-state index contributed by atoms with van der Waals surface area (Å²) in [7, 11) is 2.81. The molecule has 0 saturated heterocycles. The van der Waals surface area contributed by atoms with E-state index < -0.39 is 17.8 Å². The Bertz CT molecular complexity index is 496. The van der Waals surface area contributed by atoms with Crippen LogP contribution < -0.4 is 5.32 Å². The Balaban J connectivity index is 2.87. The van der Waals surface area contributed by atoms with Crippen molar-refractivity contribution in [2.75, 3.05) is 27.4 Å². The third-order valence-corrected chi connectivity index (χ3v) is 2.99. The SMILES string of the molecule is COCCNC(=O)C(/C=C(\C)c1ccccc1)C(=O)OC. The first kappa shape index (κ1) is 16.9. The van der Waals surface area contributed by atoms with E-state index in [1.54, 1.807) is 13.2 Å². The molecule has 1 atom stereocenters. The third-order valence-electron chi connectivity index (χ3n) is 2.99. The number of hydrogen-bond acceptors (Lipinski definition) is 4. The Kier molecular flexibility index (Phi) is 7.18. The monoisotopic (exact) mass is 291 g/mol. The molecule has 0 aliphatic rings. The van der Waals surface area contributed by atoms with Gasteiger partial charge in [-0.05, 0) is 18.1 Å². The van der Waals surface area contributed by atoms with Gasteiger partial charge in [-0.1, -0.05) is 36.4 Å². The number of ether oxygens (including phenoxy) is 2. The Hall–Kier alpha value is -2.14. The summed E-state index contributed by atoms with van der Waals surface area (Å²) in [5.74, 6) is -1.94. The molecule has 1 unspecified atom stereocenters. The maximum atomic E-state index is 12.1. The van der Waals surface area contributed by atoms with E-state index in [0.717, 1.165) is 11.1 Å². The zero-order chi connectivity index (χ0) is 15.7. The van der Waals surface area contributed by atoms with E-state index in [1.807, 2.05) is 37.3 Å². The van der Waals surface area contributed by atoms with E-state index in [-0.39, 0.29) is 0 Å². The van der Waals surface area contributed by atoms with E-state index in [4.69, 9.17) is 9.47 Å². The fourth-order valence-corrected chi connectivity index (χ4v) is 1.81. The van der Waals surface area contributed by atoms with E-state index in [2.05, 4.69) is 5.32 Å². The van der Waals surface area contributed by atoms with Crippen molar-refractivity contribution in [3.8, 4) is 0 Å². The lowest BCUT2D eigenvalue weighted by atomic mass is 10.0. The second-order valence-electron chi connectivity index (χ2n) is 4.50. The summed E-state index contributed by atoms with van der Waals surface area (Å²) < 4.78 is 9.56. The lowest BCUT2D eigenvalue weighted by molar-refractivity contribution is -0.147. The Labute approximate surface area is 124 Å². The lowest BCUT2D eigenvalue weighted by Gasteiger charge is -2.12. The van der Waals surface area contributed by atoms with Crippen molar-refractivity contribution >= 4 is 17.4 Å². The minimum absolute atomic E-state index is 0.348. The van der Waals surface area contributed by atoms with Crippen LogP contribution in [0.25, 0.3) is 5.57 Å². The quantitative estimate of drug-likeness (QED) is 0.471. The Morgan fingerprint density at radius 1 is 1.24 bits per heavy atom. The number of amides is 1. The lowest BCUT2D eigenvalue weighted by Crippen LogP contribution is -2.36. The van der Waals surface area contributed by atoms with Gasteiger partial charge >= 0.3 is 5.97 Å². The first-order valence-electron chi connectivity index (χ1n) is 6.68. The molecule has 0 spiro atoms. The summed E-state index contributed by atoms with van der Waals surface area (Å²) in [5.41, 5.74) is 1.80. The summed E-state index contributed by atoms with van der Waals surface area (Å²) >= 11 is 0. The zero-order valence-corrected chi connectivity index (χ0v) is 12.6. The number of benzene rings is 1. The largest absolute Gasteiger partial charge is 0.468 e. The molecule has 1 rings (SSSR count). The fourth-order valence-electron chi connectivity index (χ4n) is 1.81. The van der Waals surface area contributed by atoms with Crippen LogP contribution in [0.15, 0.2) is 36.4 Å². The van der Waals surface area contributed by atoms with Gasteiger partial charge in [0.05, 0.1) is 13.7 Å². The normalized spacial score (nSPS) is 12.6. The molecule has 0 aliphatic heterocycles. The van der Waals surface area contributed by atoms with Crippen LogP contribution in [0.1, 0.15) is 12.5 Å². The van der Waals surface area contributed by atoms with Crippen molar-refractivity contribution < 1.29 is 19.1 Å². The van der Waals surface area contributed by atoms with Crippen molar-refractivity contribution in [2.24, 2.45) is 5.92 Å². The van der Waals surface area contributed by atoms with Gasteiger partial charge in [-0.15, -0.1) is 0 Å². The highest BCUT2D eigenvalue weighted by molar-refractivity contribution is 6.01. The molecule has 114 valence electrons. The molecule has 0 aliphatic carbocycles. The highest BCUT2D eigenvalue weighted by atomic mass is 16.5. The van der Waals surface area contributed by atoms with Crippen LogP contribution in [0.3, 0.4) is 0 Å². The van der Waals surface area contributed by atoms with Crippen molar-refractivity contribution in [2.45, 2.75) is 6.92 Å². The number of carbonyl (C=O) groups is 2. The van der Waals surface area contributed by atoms with Crippen LogP contribution in [-0.4, -0.2) is 39.2 Å². The first-order chi connectivity index (χ1) is 10.1. The van der Waals surface area contributed by atoms with E-state index in [9.17, 15) is 9.59 Å². The molecule has 5 heteroatoms. The summed E-state index contributed by atoms with van der Waals surface area (Å²) in [6.45, 7) is 2.59. The Morgan fingerprint density at radius 2 is 1.90 bits per heavy atom. The fraction of sp³-hybridized carbons (Fsp3) is 0.375. The molecule has 0 fully saturated rings. The maximum absolute atomic E-state index is 12.1. The maximum Gasteiger partial charge on any atom is 0.322 e. The van der Waals surface area contributed by atoms with Gasteiger partial charge in [0.2, 0.25) is 5.91 Å². The summed E-state index contributed by atoms with van der Waals surface area (Å²) in [4.78, 5) is 23.9. The number of allylic oxidation sites excluding steroid dienone is 1. The van der Waals surface area contributed by atoms with Gasteiger partial charge in [0, 0.05) is 13.7 Å². The molecule has 1 aromatic rings. The number of esters is 1. The minimum atomic E-state index is -0.966. The van der Waals surface area contributed by atoms with E-state index in [0.29, 0.717) is 13.2 Å². The van der Waals surface area contributed by atoms with Crippen molar-refractivity contribution in [3.05, 3.63) is 42.0 Å². The molecular formula is C16H21NO4. The summed E-state index contributed by atoms with van der Waals surface area (Å²) in [6, 6.07) is 9.55. The van der Waals surface area contributed by atoms with Gasteiger partial charge in [0.15, 0.2) is 5.92 Å². The number of rotatable bonds is 7. The van der Waals surface area contributed by atoms with Gasteiger partial charge in [-0.3, -0.25) is 9.59 Å². The smallest absolute Gasteiger partial charge is 0.322 e. The van der Waals surface area contributed by atoms with Crippen LogP contribution in [-0.2, 0) is 19.1 Å². The van der Waals surface area contributed by atoms with E-state index in [1.165, 1.54) is 7.11 Å². The predicted molar refractivity (Wildman–Crippen MR) is 80.5 cm³/mol. The topological polar surface area (TPSA) is 64.6 Å². The third kappa shape index (κ3) is 5.39. The summed E-state index contributed by atoms with van der Waals surface area (Å²) in [6.07, 6.45) is 1.61.